The van der Waals surface area contributed by atoms with Crippen LogP contribution < -0.4 is 5.32 Å². The molecule has 1 fully saturated rings. The molecule has 27 heavy (non-hydrogen) atoms. The summed E-state index contributed by atoms with van der Waals surface area (Å²) < 4.78 is 23.2. The lowest BCUT2D eigenvalue weighted by Crippen LogP contribution is -2.41. The molecule has 0 spiro atoms. The van der Waals surface area contributed by atoms with Gasteiger partial charge in [-0.15, -0.1) is 0 Å². The maximum Gasteiger partial charge on any atom is 0.234 e. The highest BCUT2D eigenvalue weighted by Gasteiger charge is 2.31. The molecule has 6 heteroatoms. The Morgan fingerprint density at radius 3 is 2.30 bits per heavy atom. The number of nitrogens with zero attached hydrogens (tertiary/aromatic N) is 1. The van der Waals surface area contributed by atoms with Crippen LogP contribution in [0.4, 0.5) is 0 Å². The Morgan fingerprint density at radius 1 is 1.22 bits per heavy atom. The fourth-order valence-corrected chi connectivity index (χ4v) is 5.49. The lowest BCUT2D eigenvalue weighted by atomic mass is 9.83. The van der Waals surface area contributed by atoms with Crippen molar-refractivity contribution in [3.63, 3.8) is 0 Å². The summed E-state index contributed by atoms with van der Waals surface area (Å²) in [5, 5.41) is 2.98. The van der Waals surface area contributed by atoms with Crippen molar-refractivity contribution in [3.05, 3.63) is 34.4 Å². The molecule has 0 saturated carbocycles. The molecular formula is C21H34N2O3S. The number of hydrogen-bond acceptors (Lipinski definition) is 4. The van der Waals surface area contributed by atoms with Gasteiger partial charge >= 0.3 is 0 Å². The van der Waals surface area contributed by atoms with E-state index in [1.807, 2.05) is 11.9 Å². The summed E-state index contributed by atoms with van der Waals surface area (Å²) in [5.74, 6) is 0.339. The van der Waals surface area contributed by atoms with Crippen LogP contribution >= 0.6 is 0 Å². The van der Waals surface area contributed by atoms with Crippen LogP contribution in [-0.4, -0.2) is 56.9 Å². The molecule has 1 unspecified atom stereocenters. The average molecular weight is 395 g/mol. The molecule has 1 N–H and O–H groups in total. The Bertz CT molecular complexity index is 771. The van der Waals surface area contributed by atoms with Gasteiger partial charge < -0.3 is 5.32 Å². The first-order valence-corrected chi connectivity index (χ1v) is 11.5. The summed E-state index contributed by atoms with van der Waals surface area (Å²) in [6.45, 7) is 11.7. The van der Waals surface area contributed by atoms with Crippen LogP contribution in [0.25, 0.3) is 0 Å². The maximum atomic E-state index is 12.2. The fourth-order valence-electron chi connectivity index (χ4n) is 3.68. The number of amides is 1. The Balaban J connectivity index is 1.86. The first-order chi connectivity index (χ1) is 12.4. The molecule has 2 rings (SSSR count). The third kappa shape index (κ3) is 6.04. The molecule has 1 heterocycles. The monoisotopic (exact) mass is 394 g/mol. The van der Waals surface area contributed by atoms with Gasteiger partial charge in [-0.2, -0.15) is 0 Å². The Kier molecular flexibility index (Phi) is 6.74. The minimum atomic E-state index is -2.93. The summed E-state index contributed by atoms with van der Waals surface area (Å²) in [4.78, 5) is 14.1. The van der Waals surface area contributed by atoms with Crippen molar-refractivity contribution in [2.24, 2.45) is 0 Å². The second-order valence-electron chi connectivity index (χ2n) is 8.91. The number of aryl methyl sites for hydroxylation is 2. The van der Waals surface area contributed by atoms with Crippen LogP contribution in [0.1, 0.15) is 49.4 Å². The maximum absolute atomic E-state index is 12.2. The molecule has 0 bridgehead atoms. The van der Waals surface area contributed by atoms with Crippen LogP contribution in [0.3, 0.4) is 0 Å². The first-order valence-electron chi connectivity index (χ1n) is 9.67. The Labute approximate surface area is 164 Å². The predicted octanol–water partition coefficient (Wildman–Crippen LogP) is 2.38. The van der Waals surface area contributed by atoms with Crippen molar-refractivity contribution >= 4 is 15.7 Å². The van der Waals surface area contributed by atoms with E-state index >= 15 is 0 Å². The number of carbonyl (C=O) groups excluding carboxylic acids is 1. The summed E-state index contributed by atoms with van der Waals surface area (Å²) in [7, 11) is -1.10. The average Bonchev–Trinajstić information content (AvgIpc) is 2.89. The van der Waals surface area contributed by atoms with Gasteiger partial charge in [-0.1, -0.05) is 32.9 Å². The van der Waals surface area contributed by atoms with Gasteiger partial charge in [-0.3, -0.25) is 9.69 Å². The fraction of sp³-hybridized carbons (Fsp3) is 0.667. The lowest BCUT2D eigenvalue weighted by molar-refractivity contribution is -0.122. The van der Waals surface area contributed by atoms with Gasteiger partial charge in [0, 0.05) is 12.6 Å². The molecule has 152 valence electrons. The van der Waals surface area contributed by atoms with Crippen molar-refractivity contribution in [3.8, 4) is 0 Å². The Morgan fingerprint density at radius 2 is 1.81 bits per heavy atom. The van der Waals surface area contributed by atoms with E-state index in [1.54, 1.807) is 0 Å². The van der Waals surface area contributed by atoms with Crippen LogP contribution in [0.2, 0.25) is 0 Å². The van der Waals surface area contributed by atoms with Crippen LogP contribution in [0.5, 0.6) is 0 Å². The van der Waals surface area contributed by atoms with E-state index in [9.17, 15) is 13.2 Å². The molecule has 0 aliphatic carbocycles. The van der Waals surface area contributed by atoms with Crippen LogP contribution in [0, 0.1) is 13.8 Å². The third-order valence-corrected chi connectivity index (χ3v) is 7.23. The van der Waals surface area contributed by atoms with Gasteiger partial charge in [0.2, 0.25) is 5.91 Å². The minimum Gasteiger partial charge on any atom is -0.355 e. The highest BCUT2D eigenvalue weighted by molar-refractivity contribution is 7.91. The normalized spacial score (nSPS) is 19.4. The van der Waals surface area contributed by atoms with E-state index in [2.05, 4.69) is 52.1 Å². The second-order valence-corrected chi connectivity index (χ2v) is 11.1. The number of benzene rings is 1. The lowest BCUT2D eigenvalue weighted by Gasteiger charge is -2.23. The SMILES string of the molecule is Cc1cc(C(C)(C)C)cc(C)c1CCNC(=O)CN(C)C1CCS(=O)(=O)C1. The van der Waals surface area contributed by atoms with E-state index in [4.69, 9.17) is 0 Å². The van der Waals surface area contributed by atoms with Gasteiger partial charge in [-0.25, -0.2) is 8.42 Å². The zero-order chi connectivity index (χ0) is 20.4. The highest BCUT2D eigenvalue weighted by atomic mass is 32.2. The number of carbonyl (C=O) groups is 1. The molecule has 1 atom stereocenters. The van der Waals surface area contributed by atoms with Crippen molar-refractivity contribution in [2.75, 3.05) is 31.6 Å². The molecule has 1 aliphatic heterocycles. The quantitative estimate of drug-likeness (QED) is 0.804. The Hall–Kier alpha value is -1.40. The number of hydrogen-bond donors (Lipinski definition) is 1. The van der Waals surface area contributed by atoms with E-state index in [-0.39, 0.29) is 35.4 Å². The molecule has 1 aliphatic rings. The third-order valence-electron chi connectivity index (χ3n) is 5.48. The summed E-state index contributed by atoms with van der Waals surface area (Å²) in [6.07, 6.45) is 1.42. The molecule has 1 saturated heterocycles. The van der Waals surface area contributed by atoms with Crippen molar-refractivity contribution < 1.29 is 13.2 Å². The van der Waals surface area contributed by atoms with Gasteiger partial charge in [-0.05, 0) is 61.4 Å². The molecule has 0 radical (unpaired) electrons. The van der Waals surface area contributed by atoms with Crippen molar-refractivity contribution in [1.82, 2.24) is 10.2 Å². The highest BCUT2D eigenvalue weighted by Crippen LogP contribution is 2.27. The van der Waals surface area contributed by atoms with Gasteiger partial charge in [0.1, 0.15) is 0 Å². The summed E-state index contributed by atoms with van der Waals surface area (Å²) in [5.41, 5.74) is 5.28. The molecule has 5 nitrogen and oxygen atoms in total. The van der Waals surface area contributed by atoms with Crippen LogP contribution in [0.15, 0.2) is 12.1 Å². The van der Waals surface area contributed by atoms with E-state index in [0.29, 0.717) is 13.0 Å². The standard InChI is InChI=1S/C21H34N2O3S/c1-15-11-17(21(3,4)5)12-16(2)19(15)7-9-22-20(24)13-23(6)18-8-10-27(25,26)14-18/h11-12,18H,7-10,13-14H2,1-6H3,(H,22,24). The topological polar surface area (TPSA) is 66.5 Å². The first kappa shape index (κ1) is 21.9. The van der Waals surface area contributed by atoms with E-state index in [1.165, 1.54) is 22.3 Å². The zero-order valence-electron chi connectivity index (χ0n) is 17.6. The van der Waals surface area contributed by atoms with Gasteiger partial charge in [0.05, 0.1) is 18.1 Å². The van der Waals surface area contributed by atoms with Gasteiger partial charge in [0.15, 0.2) is 9.84 Å². The minimum absolute atomic E-state index is 0.0461. The molecule has 1 amide bonds. The molecule has 0 aromatic heterocycles. The van der Waals surface area contributed by atoms with Crippen LogP contribution in [-0.2, 0) is 26.5 Å². The van der Waals surface area contributed by atoms with Gasteiger partial charge in [0.25, 0.3) is 0 Å². The molecule has 1 aromatic rings. The van der Waals surface area contributed by atoms with E-state index < -0.39 is 9.84 Å². The van der Waals surface area contributed by atoms with Crippen molar-refractivity contribution in [1.29, 1.82) is 0 Å². The smallest absolute Gasteiger partial charge is 0.234 e. The second kappa shape index (κ2) is 8.31. The van der Waals surface area contributed by atoms with Crippen molar-refractivity contribution in [2.45, 2.75) is 58.9 Å². The van der Waals surface area contributed by atoms with E-state index in [0.717, 1.165) is 6.42 Å². The molecule has 1 aromatic carbocycles. The number of sulfone groups is 1. The zero-order valence-corrected chi connectivity index (χ0v) is 18.4. The summed E-state index contributed by atoms with van der Waals surface area (Å²) in [6, 6.07) is 4.45. The number of rotatable bonds is 6. The summed E-state index contributed by atoms with van der Waals surface area (Å²) >= 11 is 0. The predicted molar refractivity (Wildman–Crippen MR) is 111 cm³/mol. The number of likely N-dealkylation sites (N-methyl/N-ethyl adjacent to an activating group) is 1. The number of nitrogens with one attached hydrogen (secondary N) is 1. The largest absolute Gasteiger partial charge is 0.355 e. The molecular weight excluding hydrogens is 360 g/mol.